The number of methoxy groups -OCH3 is 1. The summed E-state index contributed by atoms with van der Waals surface area (Å²) in [6, 6.07) is 7.13. The van der Waals surface area contributed by atoms with Crippen LogP contribution in [0.2, 0.25) is 0 Å². The number of nitrogens with one attached hydrogen (secondary N) is 1. The summed E-state index contributed by atoms with van der Waals surface area (Å²) < 4.78 is 32.9. The number of rotatable bonds is 3. The van der Waals surface area contributed by atoms with Crippen molar-refractivity contribution in [2.45, 2.75) is 4.90 Å². The second-order valence-corrected chi connectivity index (χ2v) is 7.83. The number of carbonyl (C=O) groups is 1. The zero-order valence-electron chi connectivity index (χ0n) is 12.0. The first-order valence-corrected chi connectivity index (χ1v) is 9.12. The maximum Gasteiger partial charge on any atom is 0.349 e. The molecule has 0 aliphatic carbocycles. The number of piperazine rings is 1. The van der Waals surface area contributed by atoms with Gasteiger partial charge >= 0.3 is 5.97 Å². The average Bonchev–Trinajstić information content (AvgIpc) is 2.95. The largest absolute Gasteiger partial charge is 0.465 e. The Labute approximate surface area is 132 Å². The van der Waals surface area contributed by atoms with Crippen molar-refractivity contribution in [2.75, 3.05) is 33.3 Å². The summed E-state index contributed by atoms with van der Waals surface area (Å²) in [6.07, 6.45) is 0. The molecule has 1 aliphatic rings. The van der Waals surface area contributed by atoms with Crippen molar-refractivity contribution in [1.29, 1.82) is 0 Å². The Kier molecular flexibility index (Phi) is 4.18. The van der Waals surface area contributed by atoms with Gasteiger partial charge < -0.3 is 10.1 Å². The Hall–Kier alpha value is -1.48. The van der Waals surface area contributed by atoms with Crippen LogP contribution in [0.4, 0.5) is 0 Å². The van der Waals surface area contributed by atoms with E-state index in [1.807, 2.05) is 12.1 Å². The molecule has 3 rings (SSSR count). The Morgan fingerprint density at radius 1 is 1.27 bits per heavy atom. The molecular formula is C14H16N2O4S2. The van der Waals surface area contributed by atoms with Crippen LogP contribution in [0, 0.1) is 0 Å². The van der Waals surface area contributed by atoms with Gasteiger partial charge in [-0.15, -0.1) is 11.3 Å². The van der Waals surface area contributed by atoms with E-state index in [-0.39, 0.29) is 9.77 Å². The second-order valence-electron chi connectivity index (χ2n) is 4.90. The molecule has 2 aromatic rings. The zero-order valence-corrected chi connectivity index (χ0v) is 13.7. The Morgan fingerprint density at radius 3 is 2.64 bits per heavy atom. The molecule has 1 fully saturated rings. The van der Waals surface area contributed by atoms with Crippen LogP contribution in [0.25, 0.3) is 10.1 Å². The van der Waals surface area contributed by atoms with E-state index in [4.69, 9.17) is 4.74 Å². The molecular weight excluding hydrogens is 324 g/mol. The summed E-state index contributed by atoms with van der Waals surface area (Å²) in [5, 5.41) is 3.70. The van der Waals surface area contributed by atoms with Gasteiger partial charge in [0.25, 0.3) is 0 Å². The van der Waals surface area contributed by atoms with Crippen molar-refractivity contribution in [3.05, 3.63) is 29.1 Å². The van der Waals surface area contributed by atoms with Gasteiger partial charge in [-0.1, -0.05) is 18.2 Å². The van der Waals surface area contributed by atoms with Gasteiger partial charge in [0, 0.05) is 36.3 Å². The monoisotopic (exact) mass is 340 g/mol. The lowest BCUT2D eigenvalue weighted by Gasteiger charge is -2.26. The number of hydrogen-bond acceptors (Lipinski definition) is 6. The van der Waals surface area contributed by atoms with E-state index in [2.05, 4.69) is 5.32 Å². The molecule has 6 nitrogen and oxygen atoms in total. The molecule has 118 valence electrons. The van der Waals surface area contributed by atoms with Crippen LogP contribution in [0.15, 0.2) is 29.2 Å². The number of esters is 1. The van der Waals surface area contributed by atoms with E-state index in [0.717, 1.165) is 16.0 Å². The molecule has 22 heavy (non-hydrogen) atoms. The summed E-state index contributed by atoms with van der Waals surface area (Å²) in [6.45, 7) is 2.00. The molecule has 1 aromatic heterocycles. The number of nitrogens with zero attached hydrogens (tertiary/aromatic N) is 1. The molecule has 1 N–H and O–H groups in total. The molecule has 0 atom stereocenters. The first kappa shape index (κ1) is 15.4. The topological polar surface area (TPSA) is 75.7 Å². The second kappa shape index (κ2) is 5.96. The Morgan fingerprint density at radius 2 is 1.95 bits per heavy atom. The number of sulfonamides is 1. The maximum atomic E-state index is 13.0. The van der Waals surface area contributed by atoms with Crippen molar-refractivity contribution in [1.82, 2.24) is 9.62 Å². The van der Waals surface area contributed by atoms with Crippen molar-refractivity contribution in [3.63, 3.8) is 0 Å². The summed E-state index contributed by atoms with van der Waals surface area (Å²) in [5.41, 5.74) is 0. The lowest BCUT2D eigenvalue weighted by molar-refractivity contribution is 0.0602. The summed E-state index contributed by atoms with van der Waals surface area (Å²) in [7, 11) is -2.47. The molecule has 0 spiro atoms. The van der Waals surface area contributed by atoms with Crippen LogP contribution in [0.1, 0.15) is 9.67 Å². The number of thiophene rings is 1. The molecule has 1 saturated heterocycles. The van der Waals surface area contributed by atoms with Gasteiger partial charge in [-0.2, -0.15) is 4.31 Å². The van der Waals surface area contributed by atoms with Crippen molar-refractivity contribution < 1.29 is 17.9 Å². The SMILES string of the molecule is COC(=O)c1sc2ccccc2c1S(=O)(=O)N1CCNCC1. The maximum absolute atomic E-state index is 13.0. The summed E-state index contributed by atoms with van der Waals surface area (Å²) in [4.78, 5) is 12.2. The highest BCUT2D eigenvalue weighted by Gasteiger charge is 2.34. The highest BCUT2D eigenvalue weighted by molar-refractivity contribution is 7.89. The standard InChI is InChI=1S/C14H16N2O4S2/c1-20-14(17)12-13(10-4-2-3-5-11(10)21-12)22(18,19)16-8-6-15-7-9-16/h2-5,15H,6-9H2,1H3. The third kappa shape index (κ3) is 2.52. The quantitative estimate of drug-likeness (QED) is 0.852. The van der Waals surface area contributed by atoms with Gasteiger partial charge in [-0.3, -0.25) is 0 Å². The van der Waals surface area contributed by atoms with Gasteiger partial charge in [0.05, 0.1) is 7.11 Å². The molecule has 0 bridgehead atoms. The molecule has 1 aliphatic heterocycles. The van der Waals surface area contributed by atoms with Crippen LogP contribution in [-0.4, -0.2) is 52.0 Å². The van der Waals surface area contributed by atoms with Crippen molar-refractivity contribution in [2.24, 2.45) is 0 Å². The molecule has 2 heterocycles. The van der Waals surface area contributed by atoms with Crippen molar-refractivity contribution in [3.8, 4) is 0 Å². The van der Waals surface area contributed by atoms with E-state index >= 15 is 0 Å². The Balaban J connectivity index is 2.21. The van der Waals surface area contributed by atoms with Gasteiger partial charge in [-0.25, -0.2) is 13.2 Å². The minimum atomic E-state index is -3.73. The highest BCUT2D eigenvalue weighted by atomic mass is 32.2. The fourth-order valence-electron chi connectivity index (χ4n) is 2.52. The van der Waals surface area contributed by atoms with Crippen LogP contribution in [-0.2, 0) is 14.8 Å². The Bertz CT molecular complexity index is 807. The van der Waals surface area contributed by atoms with Gasteiger partial charge in [-0.05, 0) is 6.07 Å². The number of ether oxygens (including phenoxy) is 1. The first-order chi connectivity index (χ1) is 10.6. The van der Waals surface area contributed by atoms with E-state index < -0.39 is 16.0 Å². The van der Waals surface area contributed by atoms with Gasteiger partial charge in [0.1, 0.15) is 9.77 Å². The fraction of sp³-hybridized carbons (Fsp3) is 0.357. The van der Waals surface area contributed by atoms with Crippen LogP contribution < -0.4 is 5.32 Å². The van der Waals surface area contributed by atoms with E-state index in [9.17, 15) is 13.2 Å². The third-order valence-corrected chi connectivity index (χ3v) is 6.86. The highest BCUT2D eigenvalue weighted by Crippen LogP contribution is 2.36. The van der Waals surface area contributed by atoms with E-state index in [1.54, 1.807) is 12.1 Å². The molecule has 0 unspecified atom stereocenters. The van der Waals surface area contributed by atoms with Crippen LogP contribution in [0.5, 0.6) is 0 Å². The van der Waals surface area contributed by atoms with E-state index in [0.29, 0.717) is 31.6 Å². The molecule has 0 amide bonds. The predicted molar refractivity (Wildman–Crippen MR) is 84.8 cm³/mol. The van der Waals surface area contributed by atoms with Gasteiger partial charge in [0.2, 0.25) is 10.0 Å². The average molecular weight is 340 g/mol. The van der Waals surface area contributed by atoms with Gasteiger partial charge in [0.15, 0.2) is 0 Å². The van der Waals surface area contributed by atoms with Crippen LogP contribution in [0.3, 0.4) is 0 Å². The zero-order chi connectivity index (χ0) is 15.7. The third-order valence-electron chi connectivity index (χ3n) is 3.59. The first-order valence-electron chi connectivity index (χ1n) is 6.86. The summed E-state index contributed by atoms with van der Waals surface area (Å²) >= 11 is 1.15. The normalized spacial score (nSPS) is 16.8. The lowest BCUT2D eigenvalue weighted by atomic mass is 10.2. The lowest BCUT2D eigenvalue weighted by Crippen LogP contribution is -2.46. The number of fused-ring (bicyclic) bond motifs is 1. The van der Waals surface area contributed by atoms with E-state index in [1.165, 1.54) is 11.4 Å². The molecule has 0 radical (unpaired) electrons. The predicted octanol–water partition coefficient (Wildman–Crippen LogP) is 1.28. The minimum absolute atomic E-state index is 0.0712. The molecule has 0 saturated carbocycles. The van der Waals surface area contributed by atoms with Crippen molar-refractivity contribution >= 4 is 37.4 Å². The molecule has 8 heteroatoms. The van der Waals surface area contributed by atoms with Crippen LogP contribution >= 0.6 is 11.3 Å². The number of hydrogen-bond donors (Lipinski definition) is 1. The number of carbonyl (C=O) groups excluding carboxylic acids is 1. The minimum Gasteiger partial charge on any atom is -0.465 e. The molecule has 1 aromatic carbocycles. The fourth-order valence-corrected chi connectivity index (χ4v) is 5.74. The summed E-state index contributed by atoms with van der Waals surface area (Å²) in [5.74, 6) is -0.616. The smallest absolute Gasteiger partial charge is 0.349 e. The number of benzene rings is 1.